The zero-order valence-electron chi connectivity index (χ0n) is 10.2. The second kappa shape index (κ2) is 6.13. The summed E-state index contributed by atoms with van der Waals surface area (Å²) < 4.78 is 31.4. The molecule has 0 aromatic rings. The Morgan fingerprint density at radius 1 is 1.18 bits per heavy atom. The third-order valence-electron chi connectivity index (χ3n) is 3.40. The molecule has 2 saturated heterocycles. The normalized spacial score (nSPS) is 28.8. The van der Waals surface area contributed by atoms with E-state index < -0.39 is 10.0 Å². The first-order valence-electron chi connectivity index (χ1n) is 6.47. The van der Waals surface area contributed by atoms with Crippen LogP contribution in [0.2, 0.25) is 0 Å². The fraction of sp³-hybridized carbons (Fsp3) is 1.00. The van der Waals surface area contributed by atoms with E-state index in [2.05, 4.69) is 5.32 Å². The molecule has 1 unspecified atom stereocenters. The van der Waals surface area contributed by atoms with E-state index in [1.54, 1.807) is 4.31 Å². The van der Waals surface area contributed by atoms with Crippen molar-refractivity contribution in [3.63, 3.8) is 0 Å². The number of rotatable bonds is 3. The van der Waals surface area contributed by atoms with Crippen LogP contribution in [0.4, 0.5) is 0 Å². The lowest BCUT2D eigenvalue weighted by molar-refractivity contribution is 0.148. The molecule has 2 aliphatic rings. The van der Waals surface area contributed by atoms with Gasteiger partial charge in [-0.15, -0.1) is 0 Å². The first kappa shape index (κ1) is 13.3. The molecule has 0 aromatic heterocycles. The number of nitrogens with one attached hydrogen (secondary N) is 1. The molecule has 0 amide bonds. The Kier molecular flexibility index (Phi) is 4.78. The van der Waals surface area contributed by atoms with Gasteiger partial charge in [0, 0.05) is 25.7 Å². The molecule has 2 aliphatic heterocycles. The second-order valence-electron chi connectivity index (χ2n) is 4.79. The van der Waals surface area contributed by atoms with E-state index in [1.807, 2.05) is 0 Å². The van der Waals surface area contributed by atoms with Crippen LogP contribution < -0.4 is 5.32 Å². The Balaban J connectivity index is 1.91. The van der Waals surface area contributed by atoms with Crippen molar-refractivity contribution in [3.8, 4) is 0 Å². The van der Waals surface area contributed by atoms with Crippen LogP contribution in [-0.4, -0.2) is 57.4 Å². The predicted molar refractivity (Wildman–Crippen MR) is 66.4 cm³/mol. The Hall–Kier alpha value is -0.170. The summed E-state index contributed by atoms with van der Waals surface area (Å²) in [5.41, 5.74) is 0. The maximum absolute atomic E-state index is 12.2. The van der Waals surface area contributed by atoms with E-state index in [1.165, 1.54) is 0 Å². The maximum Gasteiger partial charge on any atom is 0.215 e. The topological polar surface area (TPSA) is 58.6 Å². The van der Waals surface area contributed by atoms with Gasteiger partial charge in [-0.1, -0.05) is 6.42 Å². The molecule has 6 heteroatoms. The highest BCUT2D eigenvalue weighted by atomic mass is 32.2. The molecule has 2 rings (SSSR count). The van der Waals surface area contributed by atoms with Crippen molar-refractivity contribution in [2.75, 3.05) is 38.6 Å². The summed E-state index contributed by atoms with van der Waals surface area (Å²) in [6.07, 6.45) is 4.07. The fourth-order valence-electron chi connectivity index (χ4n) is 2.43. The van der Waals surface area contributed by atoms with E-state index in [4.69, 9.17) is 4.74 Å². The Bertz CT molecular complexity index is 318. The standard InChI is InChI=1S/C11H22N2O3S/c14-17(15,10-11-4-1-2-5-12-11)13-6-3-8-16-9-7-13/h11-12H,1-10H2. The molecule has 17 heavy (non-hydrogen) atoms. The van der Waals surface area contributed by atoms with Gasteiger partial charge in [0.1, 0.15) is 0 Å². The lowest BCUT2D eigenvalue weighted by Crippen LogP contribution is -2.44. The van der Waals surface area contributed by atoms with Crippen molar-refractivity contribution in [2.24, 2.45) is 0 Å². The molecule has 0 spiro atoms. The number of piperidine rings is 1. The molecule has 1 atom stereocenters. The van der Waals surface area contributed by atoms with Crippen molar-refractivity contribution in [1.29, 1.82) is 0 Å². The van der Waals surface area contributed by atoms with Crippen molar-refractivity contribution >= 4 is 10.0 Å². The van der Waals surface area contributed by atoms with Crippen molar-refractivity contribution in [1.82, 2.24) is 9.62 Å². The van der Waals surface area contributed by atoms with E-state index in [-0.39, 0.29) is 11.8 Å². The molecule has 1 N–H and O–H groups in total. The van der Waals surface area contributed by atoms with Gasteiger partial charge in [0.05, 0.1) is 12.4 Å². The smallest absolute Gasteiger partial charge is 0.215 e. The zero-order valence-corrected chi connectivity index (χ0v) is 11.0. The molecule has 0 radical (unpaired) electrons. The van der Waals surface area contributed by atoms with Crippen LogP contribution in [0.15, 0.2) is 0 Å². The summed E-state index contributed by atoms with van der Waals surface area (Å²) in [6.45, 7) is 3.26. The lowest BCUT2D eigenvalue weighted by Gasteiger charge is -2.26. The van der Waals surface area contributed by atoms with E-state index >= 15 is 0 Å². The molecular weight excluding hydrogens is 240 g/mol. The summed E-state index contributed by atoms with van der Waals surface area (Å²) in [4.78, 5) is 0. The van der Waals surface area contributed by atoms with Gasteiger partial charge < -0.3 is 10.1 Å². The summed E-state index contributed by atoms with van der Waals surface area (Å²) >= 11 is 0. The Morgan fingerprint density at radius 2 is 2.06 bits per heavy atom. The minimum absolute atomic E-state index is 0.137. The van der Waals surface area contributed by atoms with Crippen LogP contribution in [0, 0.1) is 0 Å². The van der Waals surface area contributed by atoms with Crippen LogP contribution in [-0.2, 0) is 14.8 Å². The molecule has 100 valence electrons. The maximum atomic E-state index is 12.2. The van der Waals surface area contributed by atoms with Gasteiger partial charge in [0.2, 0.25) is 10.0 Å². The van der Waals surface area contributed by atoms with Gasteiger partial charge in [0.25, 0.3) is 0 Å². The van der Waals surface area contributed by atoms with Crippen LogP contribution in [0.5, 0.6) is 0 Å². The number of hydrogen-bond acceptors (Lipinski definition) is 4. The number of ether oxygens (including phenoxy) is 1. The summed E-state index contributed by atoms with van der Waals surface area (Å²) in [6, 6.07) is 0.137. The second-order valence-corrected chi connectivity index (χ2v) is 6.80. The van der Waals surface area contributed by atoms with Gasteiger partial charge >= 0.3 is 0 Å². The number of sulfonamides is 1. The molecule has 0 aliphatic carbocycles. The largest absolute Gasteiger partial charge is 0.380 e. The van der Waals surface area contributed by atoms with Gasteiger partial charge in [-0.3, -0.25) is 0 Å². The van der Waals surface area contributed by atoms with E-state index in [0.29, 0.717) is 26.3 Å². The monoisotopic (exact) mass is 262 g/mol. The lowest BCUT2D eigenvalue weighted by atomic mass is 10.1. The van der Waals surface area contributed by atoms with Crippen LogP contribution in [0.3, 0.4) is 0 Å². The Labute approximate surface area is 104 Å². The summed E-state index contributed by atoms with van der Waals surface area (Å²) in [5.74, 6) is 0.243. The predicted octanol–water partition coefficient (Wildman–Crippen LogP) is 0.181. The van der Waals surface area contributed by atoms with Crippen LogP contribution in [0.25, 0.3) is 0 Å². The van der Waals surface area contributed by atoms with Crippen molar-refractivity contribution in [2.45, 2.75) is 31.7 Å². The highest BCUT2D eigenvalue weighted by Gasteiger charge is 2.27. The Morgan fingerprint density at radius 3 is 2.82 bits per heavy atom. The average molecular weight is 262 g/mol. The van der Waals surface area contributed by atoms with Gasteiger partial charge in [-0.2, -0.15) is 4.31 Å². The summed E-state index contributed by atoms with van der Waals surface area (Å²) in [7, 11) is -3.12. The van der Waals surface area contributed by atoms with Crippen molar-refractivity contribution < 1.29 is 13.2 Å². The SMILES string of the molecule is O=S(=O)(CC1CCCCN1)N1CCCOCC1. The first-order valence-corrected chi connectivity index (χ1v) is 8.08. The number of hydrogen-bond donors (Lipinski definition) is 1. The van der Waals surface area contributed by atoms with E-state index in [0.717, 1.165) is 32.2 Å². The zero-order chi connectivity index (χ0) is 12.1. The van der Waals surface area contributed by atoms with Crippen molar-refractivity contribution in [3.05, 3.63) is 0 Å². The van der Waals surface area contributed by atoms with Gasteiger partial charge in [0.15, 0.2) is 0 Å². The molecule has 2 heterocycles. The highest BCUT2D eigenvalue weighted by Crippen LogP contribution is 2.13. The average Bonchev–Trinajstić information content (AvgIpc) is 2.58. The third kappa shape index (κ3) is 3.91. The van der Waals surface area contributed by atoms with Crippen LogP contribution in [0.1, 0.15) is 25.7 Å². The van der Waals surface area contributed by atoms with Crippen LogP contribution >= 0.6 is 0 Å². The van der Waals surface area contributed by atoms with Gasteiger partial charge in [-0.05, 0) is 25.8 Å². The molecule has 0 bridgehead atoms. The molecular formula is C11H22N2O3S. The number of nitrogens with zero attached hydrogens (tertiary/aromatic N) is 1. The van der Waals surface area contributed by atoms with Gasteiger partial charge in [-0.25, -0.2) is 8.42 Å². The minimum Gasteiger partial charge on any atom is -0.380 e. The quantitative estimate of drug-likeness (QED) is 0.788. The fourth-order valence-corrected chi connectivity index (χ4v) is 4.19. The molecule has 2 fully saturated rings. The molecule has 0 aromatic carbocycles. The van der Waals surface area contributed by atoms with E-state index in [9.17, 15) is 8.42 Å². The molecule has 0 saturated carbocycles. The minimum atomic E-state index is -3.12. The summed E-state index contributed by atoms with van der Waals surface area (Å²) in [5, 5.41) is 3.29. The molecule has 5 nitrogen and oxygen atoms in total. The first-order chi connectivity index (χ1) is 8.18. The highest BCUT2D eigenvalue weighted by molar-refractivity contribution is 7.89. The third-order valence-corrected chi connectivity index (χ3v) is 5.37.